The molecule has 0 aromatic heterocycles. The molecule has 0 amide bonds. The van der Waals surface area contributed by atoms with Gasteiger partial charge in [0.15, 0.2) is 5.78 Å². The molecule has 0 bridgehead atoms. The summed E-state index contributed by atoms with van der Waals surface area (Å²) in [6, 6.07) is 38.9. The second kappa shape index (κ2) is 10.8. The SMILES string of the molecule is COC(=O)C(C(=O)/C=C/c1ccccc1)=P(c1ccccc1)(c1ccccc1)c1ccccc1. The fraction of sp³-hybridized carbons (Fsp3) is 0.0333. The summed E-state index contributed by atoms with van der Waals surface area (Å²) in [5.74, 6) is -0.979. The van der Waals surface area contributed by atoms with Crippen LogP contribution in [-0.4, -0.2) is 24.2 Å². The lowest BCUT2D eigenvalue weighted by Gasteiger charge is -2.31. The number of ether oxygens (including phenoxy) is 1. The van der Waals surface area contributed by atoms with Crippen molar-refractivity contribution in [1.82, 2.24) is 0 Å². The van der Waals surface area contributed by atoms with Gasteiger partial charge in [-0.15, -0.1) is 0 Å². The third kappa shape index (κ3) is 4.57. The Hall–Kier alpha value is -3.94. The Kier molecular flexibility index (Phi) is 7.37. The van der Waals surface area contributed by atoms with Gasteiger partial charge >= 0.3 is 5.97 Å². The van der Waals surface area contributed by atoms with E-state index in [0.29, 0.717) is 0 Å². The van der Waals surface area contributed by atoms with Gasteiger partial charge in [0.1, 0.15) is 5.29 Å². The zero-order valence-corrected chi connectivity index (χ0v) is 19.8. The van der Waals surface area contributed by atoms with E-state index in [4.69, 9.17) is 4.74 Å². The Balaban J connectivity index is 2.14. The zero-order chi connectivity index (χ0) is 23.8. The number of allylic oxidation sites excluding steroid dienone is 1. The highest BCUT2D eigenvalue weighted by Gasteiger charge is 2.36. The summed E-state index contributed by atoms with van der Waals surface area (Å²) >= 11 is 0. The predicted octanol–water partition coefficient (Wildman–Crippen LogP) is 4.61. The molecular formula is C30H25O3P. The summed E-state index contributed by atoms with van der Waals surface area (Å²) in [5.41, 5.74) is 0.878. The molecular weight excluding hydrogens is 439 g/mol. The Bertz CT molecular complexity index is 1240. The first-order chi connectivity index (χ1) is 16.7. The van der Waals surface area contributed by atoms with Gasteiger partial charge in [-0.1, -0.05) is 127 Å². The van der Waals surface area contributed by atoms with Gasteiger partial charge in [-0.25, -0.2) is 4.79 Å². The number of ketones is 1. The highest BCUT2D eigenvalue weighted by molar-refractivity contribution is 7.97. The number of carbonyl (C=O) groups excluding carboxylic acids is 2. The first-order valence-corrected chi connectivity index (χ1v) is 12.8. The van der Waals surface area contributed by atoms with Crippen molar-refractivity contribution in [3.8, 4) is 0 Å². The number of esters is 1. The molecule has 3 nitrogen and oxygen atoms in total. The van der Waals surface area contributed by atoms with Crippen molar-refractivity contribution in [1.29, 1.82) is 0 Å². The van der Waals surface area contributed by atoms with Gasteiger partial charge in [-0.2, -0.15) is 0 Å². The molecule has 0 heterocycles. The number of carbonyl (C=O) groups is 2. The molecule has 168 valence electrons. The van der Waals surface area contributed by atoms with Crippen molar-refractivity contribution in [2.45, 2.75) is 0 Å². The number of benzene rings is 4. The average molecular weight is 465 g/mol. The Morgan fingerprint density at radius 2 is 1.00 bits per heavy atom. The lowest BCUT2D eigenvalue weighted by Crippen LogP contribution is -2.37. The van der Waals surface area contributed by atoms with Crippen molar-refractivity contribution in [2.75, 3.05) is 7.11 Å². The quantitative estimate of drug-likeness (QED) is 0.174. The van der Waals surface area contributed by atoms with E-state index in [-0.39, 0.29) is 11.1 Å². The van der Waals surface area contributed by atoms with Gasteiger partial charge in [0, 0.05) is 0 Å². The van der Waals surface area contributed by atoms with Crippen molar-refractivity contribution in [3.63, 3.8) is 0 Å². The van der Waals surface area contributed by atoms with E-state index in [2.05, 4.69) is 0 Å². The van der Waals surface area contributed by atoms with Crippen LogP contribution in [-0.2, 0) is 14.3 Å². The molecule has 0 saturated heterocycles. The molecule has 0 spiro atoms. The van der Waals surface area contributed by atoms with Crippen LogP contribution in [0.2, 0.25) is 0 Å². The van der Waals surface area contributed by atoms with Crippen LogP contribution in [0.25, 0.3) is 6.08 Å². The summed E-state index contributed by atoms with van der Waals surface area (Å²) in [5, 5.41) is 2.88. The van der Waals surface area contributed by atoms with Crippen LogP contribution in [0.5, 0.6) is 0 Å². The van der Waals surface area contributed by atoms with Crippen LogP contribution < -0.4 is 15.9 Å². The fourth-order valence-corrected chi connectivity index (χ4v) is 8.40. The number of hydrogen-bond donors (Lipinski definition) is 0. The summed E-state index contributed by atoms with van der Waals surface area (Å²) < 4.78 is 5.25. The van der Waals surface area contributed by atoms with Crippen molar-refractivity contribution < 1.29 is 14.3 Å². The summed E-state index contributed by atoms with van der Waals surface area (Å²) in [6.45, 7) is -2.87. The molecule has 0 N–H and O–H groups in total. The standard InChI is InChI=1S/C30H25O3P/c1-33-30(32)29(28(31)23-22-24-14-6-2-7-15-24)34(25-16-8-3-9-17-25,26-18-10-4-11-19-26)27-20-12-5-13-21-27/h2-23H,1H3/b23-22+. The molecule has 0 aliphatic carbocycles. The van der Waals surface area contributed by atoms with Gasteiger partial charge in [0.2, 0.25) is 0 Å². The van der Waals surface area contributed by atoms with Crippen molar-refractivity contribution in [3.05, 3.63) is 133 Å². The molecule has 34 heavy (non-hydrogen) atoms. The van der Waals surface area contributed by atoms with Crippen LogP contribution in [0.15, 0.2) is 127 Å². The molecule has 0 radical (unpaired) electrons. The Morgan fingerprint density at radius 3 is 1.38 bits per heavy atom. The lowest BCUT2D eigenvalue weighted by atomic mass is 10.2. The van der Waals surface area contributed by atoms with Crippen LogP contribution >= 0.6 is 6.89 Å². The average Bonchev–Trinajstić information content (AvgIpc) is 2.92. The number of rotatable bonds is 7. The largest absolute Gasteiger partial charge is 0.465 e. The second-order valence-corrected chi connectivity index (χ2v) is 11.0. The van der Waals surface area contributed by atoms with Gasteiger partial charge < -0.3 is 4.74 Å². The van der Waals surface area contributed by atoms with Crippen LogP contribution in [0.1, 0.15) is 5.56 Å². The summed E-state index contributed by atoms with van der Waals surface area (Å²) in [6.07, 6.45) is 3.21. The topological polar surface area (TPSA) is 43.4 Å². The van der Waals surface area contributed by atoms with Crippen LogP contribution in [0.3, 0.4) is 0 Å². The first-order valence-electron chi connectivity index (χ1n) is 11.0. The Morgan fingerprint density at radius 1 is 0.618 bits per heavy atom. The third-order valence-corrected chi connectivity index (χ3v) is 9.90. The minimum absolute atomic E-state index is 0.144. The maximum Gasteiger partial charge on any atom is 0.342 e. The van der Waals surface area contributed by atoms with Gasteiger partial charge in [0.25, 0.3) is 0 Å². The predicted molar refractivity (Wildman–Crippen MR) is 143 cm³/mol. The maximum absolute atomic E-state index is 13.9. The first kappa shape index (κ1) is 23.2. The van der Waals surface area contributed by atoms with E-state index in [0.717, 1.165) is 21.5 Å². The van der Waals surface area contributed by atoms with E-state index in [9.17, 15) is 9.59 Å². The van der Waals surface area contributed by atoms with Gasteiger partial charge in [-0.05, 0) is 34.4 Å². The molecule has 0 aliphatic heterocycles. The monoisotopic (exact) mass is 464 g/mol. The molecule has 0 unspecified atom stereocenters. The molecule has 0 aliphatic rings. The van der Waals surface area contributed by atoms with Crippen LogP contribution in [0, 0.1) is 0 Å². The van der Waals surface area contributed by atoms with Crippen LogP contribution in [0.4, 0.5) is 0 Å². The van der Waals surface area contributed by atoms with Crippen molar-refractivity contribution >= 4 is 45.9 Å². The molecule has 0 saturated carbocycles. The molecule has 4 rings (SSSR count). The smallest absolute Gasteiger partial charge is 0.342 e. The highest BCUT2D eigenvalue weighted by Crippen LogP contribution is 2.46. The highest BCUT2D eigenvalue weighted by atomic mass is 31.2. The Labute approximate surface area is 200 Å². The fourth-order valence-electron chi connectivity index (χ4n) is 4.10. The molecule has 4 heteroatoms. The van der Waals surface area contributed by atoms with E-state index in [1.165, 1.54) is 13.2 Å². The minimum Gasteiger partial charge on any atom is -0.465 e. The van der Waals surface area contributed by atoms with Gasteiger partial charge in [0.05, 0.1) is 7.11 Å². The molecule has 4 aromatic carbocycles. The third-order valence-electron chi connectivity index (χ3n) is 5.60. The summed E-state index contributed by atoms with van der Waals surface area (Å²) in [4.78, 5) is 27.3. The zero-order valence-electron chi connectivity index (χ0n) is 18.9. The lowest BCUT2D eigenvalue weighted by molar-refractivity contribution is -0.133. The summed E-state index contributed by atoms with van der Waals surface area (Å²) in [7, 11) is 1.33. The van der Waals surface area contributed by atoms with E-state index in [1.54, 1.807) is 6.08 Å². The van der Waals surface area contributed by atoms with E-state index >= 15 is 0 Å². The second-order valence-electron chi connectivity index (χ2n) is 7.63. The maximum atomic E-state index is 13.9. The number of methoxy groups -OCH3 is 1. The minimum atomic E-state index is -2.87. The molecule has 4 aromatic rings. The normalized spacial score (nSPS) is 11.2. The van der Waals surface area contributed by atoms with Gasteiger partial charge in [-0.3, -0.25) is 4.79 Å². The number of hydrogen-bond acceptors (Lipinski definition) is 3. The molecule has 0 fully saturated rings. The molecule has 0 atom stereocenters. The van der Waals surface area contributed by atoms with Crippen molar-refractivity contribution in [2.24, 2.45) is 0 Å². The van der Waals surface area contributed by atoms with E-state index in [1.807, 2.05) is 121 Å². The van der Waals surface area contributed by atoms with E-state index < -0.39 is 12.9 Å².